The van der Waals surface area contributed by atoms with Crippen LogP contribution in [0.15, 0.2) is 36.4 Å². The van der Waals surface area contributed by atoms with E-state index in [4.69, 9.17) is 9.47 Å². The topological polar surface area (TPSA) is 64.6 Å². The Hall–Kier alpha value is -2.82. The van der Waals surface area contributed by atoms with Crippen LogP contribution in [0.1, 0.15) is 21.5 Å². The van der Waals surface area contributed by atoms with E-state index in [1.165, 1.54) is 7.11 Å². The third-order valence-corrected chi connectivity index (χ3v) is 3.36. The maximum atomic E-state index is 12.1. The summed E-state index contributed by atoms with van der Waals surface area (Å²) in [6, 6.07) is 10.7. The van der Waals surface area contributed by atoms with Gasteiger partial charge in [-0.05, 0) is 37.6 Å². The van der Waals surface area contributed by atoms with Crippen molar-refractivity contribution >= 4 is 17.9 Å². The van der Waals surface area contributed by atoms with Crippen molar-refractivity contribution in [3.8, 4) is 11.5 Å². The third-order valence-electron chi connectivity index (χ3n) is 3.36. The fourth-order valence-electron chi connectivity index (χ4n) is 2.22. The molecule has 120 valence electrons. The molecular formula is C18H19NO4. The summed E-state index contributed by atoms with van der Waals surface area (Å²) in [5, 5.41) is 2.79. The Morgan fingerprint density at radius 1 is 1.22 bits per heavy atom. The van der Waals surface area contributed by atoms with Crippen LogP contribution in [0.5, 0.6) is 11.5 Å². The number of hydrogen-bond acceptors (Lipinski definition) is 4. The second-order valence-electron chi connectivity index (χ2n) is 5.15. The second kappa shape index (κ2) is 7.45. The molecule has 2 aromatic rings. The lowest BCUT2D eigenvalue weighted by Crippen LogP contribution is -2.21. The van der Waals surface area contributed by atoms with Crippen molar-refractivity contribution < 1.29 is 19.1 Å². The number of aldehydes is 1. The zero-order valence-corrected chi connectivity index (χ0v) is 13.4. The molecule has 23 heavy (non-hydrogen) atoms. The van der Waals surface area contributed by atoms with Crippen LogP contribution in [0, 0.1) is 13.8 Å². The van der Waals surface area contributed by atoms with Gasteiger partial charge in [0, 0.05) is 5.69 Å². The molecule has 0 aromatic heterocycles. The highest BCUT2D eigenvalue weighted by Crippen LogP contribution is 2.30. The third kappa shape index (κ3) is 4.10. The van der Waals surface area contributed by atoms with E-state index in [1.807, 2.05) is 32.0 Å². The minimum Gasteiger partial charge on any atom is -0.493 e. The summed E-state index contributed by atoms with van der Waals surface area (Å²) >= 11 is 0. The highest BCUT2D eigenvalue weighted by atomic mass is 16.5. The van der Waals surface area contributed by atoms with Crippen LogP contribution in [-0.2, 0) is 4.79 Å². The number of hydrogen-bond donors (Lipinski definition) is 1. The highest BCUT2D eigenvalue weighted by molar-refractivity contribution is 5.93. The minimum atomic E-state index is -0.306. The van der Waals surface area contributed by atoms with Gasteiger partial charge in [0.05, 0.1) is 12.7 Å². The van der Waals surface area contributed by atoms with Gasteiger partial charge in [0.25, 0.3) is 5.91 Å². The van der Waals surface area contributed by atoms with E-state index in [2.05, 4.69) is 5.32 Å². The monoisotopic (exact) mass is 313 g/mol. The number of anilines is 1. The number of ether oxygens (including phenoxy) is 2. The van der Waals surface area contributed by atoms with Gasteiger partial charge in [-0.25, -0.2) is 0 Å². The molecule has 0 saturated heterocycles. The molecule has 0 bridgehead atoms. The first kappa shape index (κ1) is 16.5. The second-order valence-corrected chi connectivity index (χ2v) is 5.15. The van der Waals surface area contributed by atoms with Crippen LogP contribution in [0.3, 0.4) is 0 Å². The number of aryl methyl sites for hydroxylation is 2. The highest BCUT2D eigenvalue weighted by Gasteiger charge is 2.12. The first-order valence-corrected chi connectivity index (χ1v) is 7.17. The number of carbonyl (C=O) groups excluding carboxylic acids is 2. The fourth-order valence-corrected chi connectivity index (χ4v) is 2.22. The van der Waals surface area contributed by atoms with Gasteiger partial charge < -0.3 is 14.8 Å². The molecule has 0 aliphatic carbocycles. The van der Waals surface area contributed by atoms with Crippen molar-refractivity contribution in [1.29, 1.82) is 0 Å². The van der Waals surface area contributed by atoms with Crippen molar-refractivity contribution in [2.75, 3.05) is 19.0 Å². The summed E-state index contributed by atoms with van der Waals surface area (Å²) in [5.41, 5.74) is 3.18. The largest absolute Gasteiger partial charge is 0.493 e. The fraction of sp³-hybridized carbons (Fsp3) is 0.222. The van der Waals surface area contributed by atoms with Crippen molar-refractivity contribution in [2.45, 2.75) is 13.8 Å². The number of amides is 1. The molecule has 5 heteroatoms. The van der Waals surface area contributed by atoms with Crippen molar-refractivity contribution in [3.63, 3.8) is 0 Å². The number of nitrogens with one attached hydrogen (secondary N) is 1. The summed E-state index contributed by atoms with van der Waals surface area (Å²) in [7, 11) is 1.48. The lowest BCUT2D eigenvalue weighted by molar-refractivity contribution is -0.118. The Morgan fingerprint density at radius 3 is 2.65 bits per heavy atom. The van der Waals surface area contributed by atoms with Gasteiger partial charge in [-0.15, -0.1) is 0 Å². The average Bonchev–Trinajstić information content (AvgIpc) is 2.55. The lowest BCUT2D eigenvalue weighted by Gasteiger charge is -2.13. The molecular weight excluding hydrogens is 294 g/mol. The van der Waals surface area contributed by atoms with E-state index in [9.17, 15) is 9.59 Å². The summed E-state index contributed by atoms with van der Waals surface area (Å²) in [5.74, 6) is 0.370. The molecule has 0 saturated carbocycles. The molecule has 0 atom stereocenters. The van der Waals surface area contributed by atoms with Gasteiger partial charge in [0.1, 0.15) is 0 Å². The molecule has 0 unspecified atom stereocenters. The first-order chi connectivity index (χ1) is 11.0. The van der Waals surface area contributed by atoms with Crippen LogP contribution in [0.4, 0.5) is 5.69 Å². The van der Waals surface area contributed by atoms with Gasteiger partial charge in [0.2, 0.25) is 0 Å². The number of carbonyl (C=O) groups is 2. The maximum absolute atomic E-state index is 12.1. The smallest absolute Gasteiger partial charge is 0.262 e. The summed E-state index contributed by atoms with van der Waals surface area (Å²) in [6.07, 6.45) is 0.667. The molecule has 1 N–H and O–H groups in total. The van der Waals surface area contributed by atoms with E-state index < -0.39 is 0 Å². The van der Waals surface area contributed by atoms with Crippen LogP contribution < -0.4 is 14.8 Å². The molecule has 2 aromatic carbocycles. The SMILES string of the molecule is COc1cccc(C=O)c1OCC(=O)Nc1ccc(C)cc1C. The zero-order valence-electron chi connectivity index (χ0n) is 13.4. The molecule has 0 heterocycles. The van der Waals surface area contributed by atoms with Crippen molar-refractivity contribution in [2.24, 2.45) is 0 Å². The van der Waals surface area contributed by atoms with Crippen molar-refractivity contribution in [3.05, 3.63) is 53.1 Å². The molecule has 1 amide bonds. The van der Waals surface area contributed by atoms with Crippen molar-refractivity contribution in [1.82, 2.24) is 0 Å². The zero-order chi connectivity index (χ0) is 16.8. The van der Waals surface area contributed by atoms with E-state index >= 15 is 0 Å². The molecule has 0 fully saturated rings. The Morgan fingerprint density at radius 2 is 2.00 bits per heavy atom. The standard InChI is InChI=1S/C18H19NO4/c1-12-7-8-15(13(2)9-12)19-17(21)11-23-18-14(10-20)5-4-6-16(18)22-3/h4-10H,11H2,1-3H3,(H,19,21). The van der Waals surface area contributed by atoms with Crippen LogP contribution in [0.25, 0.3) is 0 Å². The summed E-state index contributed by atoms with van der Waals surface area (Å²) in [4.78, 5) is 23.1. The van der Waals surface area contributed by atoms with Crippen LogP contribution >= 0.6 is 0 Å². The molecule has 0 aliphatic rings. The van der Waals surface area contributed by atoms with Crippen LogP contribution in [-0.4, -0.2) is 25.9 Å². The lowest BCUT2D eigenvalue weighted by atomic mass is 10.1. The van der Waals surface area contributed by atoms with Gasteiger partial charge in [0.15, 0.2) is 24.4 Å². The summed E-state index contributed by atoms with van der Waals surface area (Å²) < 4.78 is 10.6. The predicted molar refractivity (Wildman–Crippen MR) is 88.4 cm³/mol. The minimum absolute atomic E-state index is 0.214. The van der Waals surface area contributed by atoms with E-state index in [1.54, 1.807) is 18.2 Å². The molecule has 0 aliphatic heterocycles. The van der Waals surface area contributed by atoms with E-state index in [-0.39, 0.29) is 18.3 Å². The van der Waals surface area contributed by atoms with Gasteiger partial charge in [-0.2, -0.15) is 0 Å². The van der Waals surface area contributed by atoms with E-state index in [0.29, 0.717) is 17.6 Å². The van der Waals surface area contributed by atoms with Crippen LogP contribution in [0.2, 0.25) is 0 Å². The normalized spacial score (nSPS) is 10.0. The number of methoxy groups -OCH3 is 1. The molecule has 2 rings (SSSR count). The van der Waals surface area contributed by atoms with Gasteiger partial charge in [-0.1, -0.05) is 23.8 Å². The number of para-hydroxylation sites is 1. The maximum Gasteiger partial charge on any atom is 0.262 e. The predicted octanol–water partition coefficient (Wildman–Crippen LogP) is 3.14. The van der Waals surface area contributed by atoms with Gasteiger partial charge in [-0.3, -0.25) is 9.59 Å². The number of rotatable bonds is 6. The number of benzene rings is 2. The Bertz CT molecular complexity index is 725. The molecule has 0 spiro atoms. The quantitative estimate of drug-likeness (QED) is 0.832. The summed E-state index contributed by atoms with van der Waals surface area (Å²) in [6.45, 7) is 3.70. The Kier molecular flexibility index (Phi) is 5.36. The van der Waals surface area contributed by atoms with Gasteiger partial charge >= 0.3 is 0 Å². The average molecular weight is 313 g/mol. The Labute approximate surface area is 135 Å². The van der Waals surface area contributed by atoms with E-state index in [0.717, 1.165) is 16.8 Å². The molecule has 0 radical (unpaired) electrons. The molecule has 5 nitrogen and oxygen atoms in total. The first-order valence-electron chi connectivity index (χ1n) is 7.17. The Balaban J connectivity index is 2.06.